The normalized spacial score (nSPS) is 11.0. The molecule has 0 aliphatic heterocycles. The smallest absolute Gasteiger partial charge is 0.161 e. The van der Waals surface area contributed by atoms with E-state index in [9.17, 15) is 0 Å². The highest BCUT2D eigenvalue weighted by molar-refractivity contribution is 6.42. The molecule has 0 atom stereocenters. The van der Waals surface area contributed by atoms with Crippen LogP contribution in [-0.4, -0.2) is 19.3 Å². The van der Waals surface area contributed by atoms with Gasteiger partial charge in [-0.1, -0.05) is 29.3 Å². The Labute approximate surface area is 131 Å². The van der Waals surface area contributed by atoms with E-state index in [0.29, 0.717) is 21.6 Å². The maximum atomic E-state index is 6.17. The lowest BCUT2D eigenvalue weighted by molar-refractivity contribution is 0.776. The molecule has 2 heterocycles. The largest absolute Gasteiger partial charge is 0.383 e. The van der Waals surface area contributed by atoms with E-state index in [0.717, 1.165) is 17.0 Å². The molecule has 0 fully saturated rings. The van der Waals surface area contributed by atoms with E-state index >= 15 is 0 Å². The maximum Gasteiger partial charge on any atom is 0.161 e. The van der Waals surface area contributed by atoms with Crippen molar-refractivity contribution in [3.05, 3.63) is 40.6 Å². The van der Waals surface area contributed by atoms with Gasteiger partial charge in [0.1, 0.15) is 11.5 Å². The van der Waals surface area contributed by atoms with Crippen LogP contribution in [0.2, 0.25) is 10.0 Å². The highest BCUT2D eigenvalue weighted by Gasteiger charge is 2.20. The van der Waals surface area contributed by atoms with E-state index in [1.165, 1.54) is 0 Å². The first-order chi connectivity index (χ1) is 9.99. The topological polar surface area (TPSA) is 61.7 Å². The van der Waals surface area contributed by atoms with Crippen molar-refractivity contribution in [1.29, 1.82) is 0 Å². The van der Waals surface area contributed by atoms with E-state index < -0.39 is 0 Å². The molecule has 21 heavy (non-hydrogen) atoms. The number of aryl methyl sites for hydroxylation is 2. The molecule has 2 N–H and O–H groups in total. The Hall–Kier alpha value is -1.98. The van der Waals surface area contributed by atoms with Crippen LogP contribution in [-0.2, 0) is 14.1 Å². The highest BCUT2D eigenvalue weighted by atomic mass is 35.5. The Kier molecular flexibility index (Phi) is 3.39. The van der Waals surface area contributed by atoms with Gasteiger partial charge in [0, 0.05) is 26.5 Å². The number of rotatable bonds is 2. The third-order valence-corrected chi connectivity index (χ3v) is 4.07. The van der Waals surface area contributed by atoms with Crippen molar-refractivity contribution < 1.29 is 0 Å². The first-order valence-electron chi connectivity index (χ1n) is 6.24. The number of halogens is 2. The van der Waals surface area contributed by atoms with Gasteiger partial charge in [0.25, 0.3) is 0 Å². The average Bonchev–Trinajstić information content (AvgIpc) is 2.98. The number of benzene rings is 1. The summed E-state index contributed by atoms with van der Waals surface area (Å²) in [5, 5.41) is 5.45. The SMILES string of the molecule is Cn1ccnc1-c1nn(C)c(N)c1-c1ccc(Cl)c(Cl)c1. The number of imidazole rings is 1. The molecule has 0 saturated heterocycles. The van der Waals surface area contributed by atoms with Gasteiger partial charge in [-0.05, 0) is 17.7 Å². The summed E-state index contributed by atoms with van der Waals surface area (Å²) in [5.74, 6) is 1.29. The number of anilines is 1. The van der Waals surface area contributed by atoms with Crippen molar-refractivity contribution in [2.45, 2.75) is 0 Å². The standard InChI is InChI=1S/C14H13Cl2N5/c1-20-6-5-18-14(20)12-11(13(17)21(2)19-12)8-3-4-9(15)10(16)7-8/h3-7H,17H2,1-2H3. The van der Waals surface area contributed by atoms with Crippen LogP contribution in [0.1, 0.15) is 0 Å². The molecule has 2 aromatic heterocycles. The van der Waals surface area contributed by atoms with Gasteiger partial charge in [-0.3, -0.25) is 4.68 Å². The van der Waals surface area contributed by atoms with Crippen LogP contribution in [0.15, 0.2) is 30.6 Å². The first kappa shape index (κ1) is 14.0. The van der Waals surface area contributed by atoms with Gasteiger partial charge in [-0.25, -0.2) is 4.98 Å². The summed E-state index contributed by atoms with van der Waals surface area (Å²) in [6.07, 6.45) is 3.58. The second-order valence-electron chi connectivity index (χ2n) is 4.72. The molecule has 0 aliphatic rings. The van der Waals surface area contributed by atoms with Gasteiger partial charge in [-0.2, -0.15) is 5.10 Å². The third kappa shape index (κ3) is 2.28. The zero-order valence-electron chi connectivity index (χ0n) is 11.5. The number of nitrogens with zero attached hydrogens (tertiary/aromatic N) is 4. The number of hydrogen-bond acceptors (Lipinski definition) is 3. The Bertz CT molecular complexity index is 819. The van der Waals surface area contributed by atoms with Crippen LogP contribution in [0.3, 0.4) is 0 Å². The molecule has 0 unspecified atom stereocenters. The molecule has 108 valence electrons. The maximum absolute atomic E-state index is 6.17. The minimum atomic E-state index is 0.475. The molecule has 0 aliphatic carbocycles. The molecule has 0 amide bonds. The van der Waals surface area contributed by atoms with Crippen LogP contribution < -0.4 is 5.73 Å². The fourth-order valence-corrected chi connectivity index (χ4v) is 2.52. The van der Waals surface area contributed by atoms with Gasteiger partial charge in [0.05, 0.1) is 15.6 Å². The number of nitrogen functional groups attached to an aromatic ring is 1. The van der Waals surface area contributed by atoms with Crippen molar-refractivity contribution in [1.82, 2.24) is 19.3 Å². The monoisotopic (exact) mass is 321 g/mol. The third-order valence-electron chi connectivity index (χ3n) is 3.33. The fraction of sp³-hybridized carbons (Fsp3) is 0.143. The Balaban J connectivity index is 2.27. The van der Waals surface area contributed by atoms with E-state index in [2.05, 4.69) is 10.1 Å². The Morgan fingerprint density at radius 1 is 1.14 bits per heavy atom. The lowest BCUT2D eigenvalue weighted by atomic mass is 10.0. The van der Waals surface area contributed by atoms with Crippen LogP contribution in [0.25, 0.3) is 22.6 Å². The van der Waals surface area contributed by atoms with Crippen LogP contribution in [0.5, 0.6) is 0 Å². The average molecular weight is 322 g/mol. The van der Waals surface area contributed by atoms with Crippen molar-refractivity contribution >= 4 is 29.0 Å². The summed E-state index contributed by atoms with van der Waals surface area (Å²) in [4.78, 5) is 4.34. The van der Waals surface area contributed by atoms with E-state index in [1.807, 2.05) is 23.9 Å². The van der Waals surface area contributed by atoms with Crippen LogP contribution >= 0.6 is 23.2 Å². The molecular formula is C14H13Cl2N5. The summed E-state index contributed by atoms with van der Waals surface area (Å²) < 4.78 is 3.52. The lowest BCUT2D eigenvalue weighted by Gasteiger charge is -2.06. The van der Waals surface area contributed by atoms with Gasteiger partial charge < -0.3 is 10.3 Å². The van der Waals surface area contributed by atoms with Crippen LogP contribution in [0.4, 0.5) is 5.82 Å². The van der Waals surface area contributed by atoms with Crippen molar-refractivity contribution in [3.8, 4) is 22.6 Å². The van der Waals surface area contributed by atoms with Gasteiger partial charge in [0.15, 0.2) is 5.82 Å². The van der Waals surface area contributed by atoms with Crippen molar-refractivity contribution in [2.75, 3.05) is 5.73 Å². The molecular weight excluding hydrogens is 309 g/mol. The summed E-state index contributed by atoms with van der Waals surface area (Å²) >= 11 is 12.1. The molecule has 3 rings (SSSR count). The fourth-order valence-electron chi connectivity index (χ4n) is 2.22. The predicted octanol–water partition coefficient (Wildman–Crippen LogP) is 3.38. The minimum Gasteiger partial charge on any atom is -0.383 e. The number of nitrogens with two attached hydrogens (primary N) is 1. The Morgan fingerprint density at radius 2 is 1.90 bits per heavy atom. The summed E-state index contributed by atoms with van der Waals surface area (Å²) in [6, 6.07) is 5.39. The number of hydrogen-bond donors (Lipinski definition) is 1. The quantitative estimate of drug-likeness (QED) is 0.787. The van der Waals surface area contributed by atoms with Crippen molar-refractivity contribution in [3.63, 3.8) is 0 Å². The van der Waals surface area contributed by atoms with Gasteiger partial charge in [0.2, 0.25) is 0 Å². The zero-order chi connectivity index (χ0) is 15.1. The zero-order valence-corrected chi connectivity index (χ0v) is 13.0. The summed E-state index contributed by atoms with van der Waals surface area (Å²) in [5.41, 5.74) is 8.53. The van der Waals surface area contributed by atoms with Crippen molar-refractivity contribution in [2.24, 2.45) is 14.1 Å². The molecule has 1 aromatic carbocycles. The molecule has 0 radical (unpaired) electrons. The number of aromatic nitrogens is 4. The predicted molar refractivity (Wildman–Crippen MR) is 85.3 cm³/mol. The second kappa shape index (κ2) is 5.09. The molecule has 5 nitrogen and oxygen atoms in total. The molecule has 7 heteroatoms. The Morgan fingerprint density at radius 3 is 2.52 bits per heavy atom. The lowest BCUT2D eigenvalue weighted by Crippen LogP contribution is -1.98. The highest BCUT2D eigenvalue weighted by Crippen LogP contribution is 2.37. The van der Waals surface area contributed by atoms with Gasteiger partial charge >= 0.3 is 0 Å². The van der Waals surface area contributed by atoms with E-state index in [4.69, 9.17) is 28.9 Å². The minimum absolute atomic E-state index is 0.475. The molecule has 3 aromatic rings. The van der Waals surface area contributed by atoms with E-state index in [-0.39, 0.29) is 0 Å². The second-order valence-corrected chi connectivity index (χ2v) is 5.54. The van der Waals surface area contributed by atoms with Gasteiger partial charge in [-0.15, -0.1) is 0 Å². The van der Waals surface area contributed by atoms with Crippen LogP contribution in [0, 0.1) is 0 Å². The summed E-state index contributed by atoms with van der Waals surface area (Å²) in [7, 11) is 3.70. The first-order valence-corrected chi connectivity index (χ1v) is 7.00. The molecule has 0 bridgehead atoms. The molecule has 0 spiro atoms. The van der Waals surface area contributed by atoms with E-state index in [1.54, 1.807) is 30.1 Å². The molecule has 0 saturated carbocycles. The summed E-state index contributed by atoms with van der Waals surface area (Å²) in [6.45, 7) is 0.